The maximum absolute atomic E-state index is 2.20. The third kappa shape index (κ3) is 1.88. The summed E-state index contributed by atoms with van der Waals surface area (Å²) < 4.78 is 0. The molecule has 48 valence electrons. The standard InChI is InChI=1S/C9H12/c1-8-4-3-5-9(2)7-6-8/h3-8H,1-2H3/t8-/m0/s1. The molecule has 0 N–H and O–H groups in total. The number of rotatable bonds is 0. The average Bonchev–Trinajstić information content (AvgIpc) is 1.97. The minimum absolute atomic E-state index is 0.596. The summed E-state index contributed by atoms with van der Waals surface area (Å²) >= 11 is 0. The molecule has 0 aromatic rings. The highest BCUT2D eigenvalue weighted by atomic mass is 14.0. The van der Waals surface area contributed by atoms with Gasteiger partial charge in [-0.1, -0.05) is 42.9 Å². The van der Waals surface area contributed by atoms with Crippen LogP contribution in [0, 0.1) is 5.92 Å². The molecule has 0 nitrogen and oxygen atoms in total. The van der Waals surface area contributed by atoms with Gasteiger partial charge in [0.25, 0.3) is 0 Å². The Balaban J connectivity index is 2.75. The van der Waals surface area contributed by atoms with Gasteiger partial charge >= 0.3 is 0 Å². The molecule has 0 spiro atoms. The van der Waals surface area contributed by atoms with Crippen LogP contribution in [0.25, 0.3) is 0 Å². The van der Waals surface area contributed by atoms with E-state index in [2.05, 4.69) is 44.2 Å². The molecule has 0 unspecified atom stereocenters. The van der Waals surface area contributed by atoms with Crippen molar-refractivity contribution in [3.63, 3.8) is 0 Å². The Morgan fingerprint density at radius 2 is 2.11 bits per heavy atom. The molecule has 0 amide bonds. The van der Waals surface area contributed by atoms with Gasteiger partial charge in [-0.05, 0) is 12.8 Å². The van der Waals surface area contributed by atoms with E-state index < -0.39 is 0 Å². The Labute approximate surface area is 56.6 Å². The molecule has 0 heterocycles. The van der Waals surface area contributed by atoms with Gasteiger partial charge in [-0.3, -0.25) is 0 Å². The minimum Gasteiger partial charge on any atom is -0.0779 e. The molecule has 0 fully saturated rings. The van der Waals surface area contributed by atoms with Crippen molar-refractivity contribution in [1.29, 1.82) is 0 Å². The fraction of sp³-hybridized carbons (Fsp3) is 0.333. The third-order valence-electron chi connectivity index (χ3n) is 1.44. The quantitative estimate of drug-likeness (QED) is 0.461. The molecule has 1 atom stereocenters. The fourth-order valence-electron chi connectivity index (χ4n) is 0.806. The summed E-state index contributed by atoms with van der Waals surface area (Å²) in [6.07, 6.45) is 10.8. The lowest BCUT2D eigenvalue weighted by molar-refractivity contribution is 0.942. The van der Waals surface area contributed by atoms with Crippen LogP contribution in [-0.4, -0.2) is 0 Å². The van der Waals surface area contributed by atoms with E-state index in [0.29, 0.717) is 5.92 Å². The van der Waals surface area contributed by atoms with E-state index in [-0.39, 0.29) is 0 Å². The maximum atomic E-state index is 2.20. The van der Waals surface area contributed by atoms with E-state index in [9.17, 15) is 0 Å². The fourth-order valence-corrected chi connectivity index (χ4v) is 0.806. The summed E-state index contributed by atoms with van der Waals surface area (Å²) in [5.74, 6) is 0.596. The van der Waals surface area contributed by atoms with Crippen LogP contribution in [0.3, 0.4) is 0 Å². The second-order valence-corrected chi connectivity index (χ2v) is 2.51. The summed E-state index contributed by atoms with van der Waals surface area (Å²) in [6, 6.07) is 0. The molecule has 1 rings (SSSR count). The molecular weight excluding hydrogens is 108 g/mol. The Kier molecular flexibility index (Phi) is 1.88. The lowest BCUT2D eigenvalue weighted by atomic mass is 10.1. The summed E-state index contributed by atoms with van der Waals surface area (Å²) in [6.45, 7) is 4.29. The first-order chi connectivity index (χ1) is 4.29. The van der Waals surface area contributed by atoms with Crippen LogP contribution in [0.1, 0.15) is 13.8 Å². The van der Waals surface area contributed by atoms with Crippen LogP contribution in [0.5, 0.6) is 0 Å². The second kappa shape index (κ2) is 2.67. The molecule has 1 aliphatic carbocycles. The molecule has 9 heavy (non-hydrogen) atoms. The third-order valence-corrected chi connectivity index (χ3v) is 1.44. The van der Waals surface area contributed by atoms with Crippen LogP contribution in [-0.2, 0) is 0 Å². The van der Waals surface area contributed by atoms with Crippen molar-refractivity contribution in [3.8, 4) is 0 Å². The van der Waals surface area contributed by atoms with E-state index in [1.807, 2.05) is 0 Å². The maximum Gasteiger partial charge on any atom is -0.00755 e. The van der Waals surface area contributed by atoms with Crippen molar-refractivity contribution in [2.24, 2.45) is 5.92 Å². The lowest BCUT2D eigenvalue weighted by Gasteiger charge is -1.91. The molecule has 0 bridgehead atoms. The van der Waals surface area contributed by atoms with Gasteiger partial charge in [-0.15, -0.1) is 0 Å². The van der Waals surface area contributed by atoms with E-state index in [1.54, 1.807) is 0 Å². The summed E-state index contributed by atoms with van der Waals surface area (Å²) in [5.41, 5.74) is 1.33. The van der Waals surface area contributed by atoms with Crippen molar-refractivity contribution in [2.75, 3.05) is 0 Å². The van der Waals surface area contributed by atoms with Gasteiger partial charge in [0.2, 0.25) is 0 Å². The normalized spacial score (nSPS) is 25.6. The first kappa shape index (κ1) is 6.34. The van der Waals surface area contributed by atoms with Gasteiger partial charge in [0.15, 0.2) is 0 Å². The summed E-state index contributed by atoms with van der Waals surface area (Å²) in [7, 11) is 0. The highest BCUT2D eigenvalue weighted by Gasteiger charge is 1.91. The largest absolute Gasteiger partial charge is 0.0779 e. The minimum atomic E-state index is 0.596. The van der Waals surface area contributed by atoms with Gasteiger partial charge in [-0.2, -0.15) is 0 Å². The van der Waals surface area contributed by atoms with E-state index in [0.717, 1.165) is 0 Å². The van der Waals surface area contributed by atoms with Crippen LogP contribution in [0.2, 0.25) is 0 Å². The van der Waals surface area contributed by atoms with E-state index in [4.69, 9.17) is 0 Å². The van der Waals surface area contributed by atoms with E-state index >= 15 is 0 Å². The van der Waals surface area contributed by atoms with Gasteiger partial charge in [0, 0.05) is 0 Å². The highest BCUT2D eigenvalue weighted by Crippen LogP contribution is 2.07. The van der Waals surface area contributed by atoms with Crippen molar-refractivity contribution in [1.82, 2.24) is 0 Å². The predicted octanol–water partition coefficient (Wildman–Crippen LogP) is 2.69. The van der Waals surface area contributed by atoms with Crippen LogP contribution in [0.4, 0.5) is 0 Å². The topological polar surface area (TPSA) is 0 Å². The first-order valence-corrected chi connectivity index (χ1v) is 3.32. The number of allylic oxidation sites excluding steroid dienone is 6. The number of hydrogen-bond donors (Lipinski definition) is 0. The SMILES string of the molecule is CC1=CC=C[C@H](C)C=C1. The molecule has 0 heteroatoms. The molecule has 0 radical (unpaired) electrons. The zero-order valence-corrected chi connectivity index (χ0v) is 5.96. The lowest BCUT2D eigenvalue weighted by Crippen LogP contribution is -1.78. The Morgan fingerprint density at radius 3 is 2.89 bits per heavy atom. The summed E-state index contributed by atoms with van der Waals surface area (Å²) in [4.78, 5) is 0. The molecule has 0 aromatic carbocycles. The van der Waals surface area contributed by atoms with Crippen molar-refractivity contribution >= 4 is 0 Å². The summed E-state index contributed by atoms with van der Waals surface area (Å²) in [5, 5.41) is 0. The predicted molar refractivity (Wildman–Crippen MR) is 41.2 cm³/mol. The highest BCUT2D eigenvalue weighted by molar-refractivity contribution is 5.26. The molecule has 0 saturated carbocycles. The average molecular weight is 120 g/mol. The molecule has 0 saturated heterocycles. The Bertz CT molecular complexity index is 170. The molecular formula is C9H12. The number of hydrogen-bond acceptors (Lipinski definition) is 0. The monoisotopic (exact) mass is 120 g/mol. The smallest absolute Gasteiger partial charge is 0.00755 e. The first-order valence-electron chi connectivity index (χ1n) is 3.32. The van der Waals surface area contributed by atoms with Crippen LogP contribution >= 0.6 is 0 Å². The van der Waals surface area contributed by atoms with E-state index in [1.165, 1.54) is 5.57 Å². The van der Waals surface area contributed by atoms with Crippen LogP contribution in [0.15, 0.2) is 36.0 Å². The van der Waals surface area contributed by atoms with Gasteiger partial charge in [0.05, 0.1) is 0 Å². The van der Waals surface area contributed by atoms with Crippen LogP contribution < -0.4 is 0 Å². The van der Waals surface area contributed by atoms with Gasteiger partial charge in [0.1, 0.15) is 0 Å². The van der Waals surface area contributed by atoms with Gasteiger partial charge in [-0.25, -0.2) is 0 Å². The molecule has 1 aliphatic rings. The zero-order chi connectivity index (χ0) is 6.69. The van der Waals surface area contributed by atoms with Gasteiger partial charge < -0.3 is 0 Å². The Morgan fingerprint density at radius 1 is 1.33 bits per heavy atom. The van der Waals surface area contributed by atoms with Crippen molar-refractivity contribution < 1.29 is 0 Å². The second-order valence-electron chi connectivity index (χ2n) is 2.51. The van der Waals surface area contributed by atoms with Crippen molar-refractivity contribution in [3.05, 3.63) is 36.0 Å². The Hall–Kier alpha value is -0.780. The molecule has 0 aromatic heterocycles. The van der Waals surface area contributed by atoms with Crippen molar-refractivity contribution in [2.45, 2.75) is 13.8 Å². The zero-order valence-electron chi connectivity index (χ0n) is 5.96. The molecule has 0 aliphatic heterocycles.